The Morgan fingerprint density at radius 3 is 1.07 bits per heavy atom. The summed E-state index contributed by atoms with van der Waals surface area (Å²) in [6.07, 6.45) is 0. The number of hydrogen-bond donors (Lipinski definition) is 0. The number of aromatic nitrogens is 10. The highest BCUT2D eigenvalue weighted by Crippen LogP contribution is 2.55. The summed E-state index contributed by atoms with van der Waals surface area (Å²) in [5.74, 6) is 1.97. The van der Waals surface area contributed by atoms with Gasteiger partial charge in [0.1, 0.15) is 11.2 Å². The molecule has 0 aliphatic heterocycles. The van der Waals surface area contributed by atoms with Crippen molar-refractivity contribution in [3.63, 3.8) is 0 Å². The highest BCUT2D eigenvalue weighted by molar-refractivity contribution is 7.27. The molecule has 0 bridgehead atoms. The molecular formula is C129H80N10OS3. The van der Waals surface area contributed by atoms with Crippen LogP contribution in [0.2, 0.25) is 0 Å². The van der Waals surface area contributed by atoms with Crippen molar-refractivity contribution in [1.82, 2.24) is 48.2 Å². The second-order valence-electron chi connectivity index (χ2n) is 37.4. The zero-order chi connectivity index (χ0) is 94.2. The summed E-state index contributed by atoms with van der Waals surface area (Å²) in [5, 5.41) is 19.3. The molecule has 0 saturated carbocycles. The van der Waals surface area contributed by atoms with Gasteiger partial charge < -0.3 is 8.98 Å². The lowest BCUT2D eigenvalue weighted by Crippen LogP contribution is -2.15. The van der Waals surface area contributed by atoms with Crippen molar-refractivity contribution < 1.29 is 4.42 Å². The molecular weight excluding hydrogens is 1800 g/mol. The van der Waals surface area contributed by atoms with Crippen molar-refractivity contribution in [2.45, 2.75) is 19.3 Å². The first kappa shape index (κ1) is 82.2. The summed E-state index contributed by atoms with van der Waals surface area (Å²) in [6, 6.07) is 159. The molecule has 0 fully saturated rings. The Hall–Kier alpha value is -17.9. The number of hydrogen-bond acceptors (Lipinski definition) is 10. The molecule has 14 heteroatoms. The summed E-state index contributed by atoms with van der Waals surface area (Å²) in [5.41, 5.74) is 28.9. The maximum Gasteiger partial charge on any atom is 0.235 e. The zero-order valence-electron chi connectivity index (χ0n) is 77.3. The van der Waals surface area contributed by atoms with Crippen molar-refractivity contribution in [3.05, 3.63) is 460 Å². The van der Waals surface area contributed by atoms with Gasteiger partial charge in [-0.3, -0.25) is 13.7 Å². The van der Waals surface area contributed by atoms with E-state index in [4.69, 9.17) is 34.3 Å². The second kappa shape index (κ2) is 32.6. The molecule has 1 aliphatic carbocycles. The Balaban J connectivity index is 0.000000102. The molecule has 11 nitrogen and oxygen atoms in total. The summed E-state index contributed by atoms with van der Waals surface area (Å²) >= 11 is 5.48. The monoisotopic (exact) mass is 1880 g/mol. The lowest BCUT2D eigenvalue weighted by molar-refractivity contribution is 0.666. The van der Waals surface area contributed by atoms with E-state index in [0.29, 0.717) is 17.8 Å². The normalized spacial score (nSPS) is 12.5. The quantitative estimate of drug-likeness (QED) is 0.134. The molecule has 0 spiro atoms. The van der Waals surface area contributed by atoms with E-state index >= 15 is 0 Å². The van der Waals surface area contributed by atoms with Crippen molar-refractivity contribution in [2.75, 3.05) is 0 Å². The van der Waals surface area contributed by atoms with Gasteiger partial charge in [0.25, 0.3) is 0 Å². The summed E-state index contributed by atoms with van der Waals surface area (Å²) in [4.78, 5) is 32.1. The fourth-order valence-electron chi connectivity index (χ4n) is 22.7. The van der Waals surface area contributed by atoms with Gasteiger partial charge in [0.05, 0.1) is 78.3 Å². The van der Waals surface area contributed by atoms with Gasteiger partial charge in [-0.05, 0) is 125 Å². The molecule has 0 atom stereocenters. The SMILES string of the molecule is CC1(C)c2ccccc2-c2ccc3c(c21)c1ccccc1n3-c1nc(-c2ccccc2)cc(-c2cccc3c2sc2ccccc23)n1.c1ccc(-c2cc(-c3cccc4c3sc3ccccc34)nc(-n3c4ccccc4c4c3ccc3c5ccccc5n(-c5ccccc5)c34)n2)cc1.c1ccc(-c2cc(-c3cccc4c3sc3ccccc34)nc(-n3c4ccccc4c4cc5oc6ccccc6c5cc43)n2)cc1. The van der Waals surface area contributed by atoms with E-state index in [9.17, 15) is 0 Å². The van der Waals surface area contributed by atoms with Crippen LogP contribution in [0.3, 0.4) is 0 Å². The molecule has 1 aliphatic rings. The van der Waals surface area contributed by atoms with Crippen LogP contribution in [0, 0.1) is 0 Å². The summed E-state index contributed by atoms with van der Waals surface area (Å²) < 4.78 is 23.0. The van der Waals surface area contributed by atoms with Crippen molar-refractivity contribution >= 4 is 204 Å². The van der Waals surface area contributed by atoms with E-state index < -0.39 is 0 Å². The molecule has 670 valence electrons. The van der Waals surface area contributed by atoms with Crippen LogP contribution < -0.4 is 0 Å². The molecule has 0 amide bonds. The fourth-order valence-corrected chi connectivity index (χ4v) is 26.3. The van der Waals surface area contributed by atoms with Gasteiger partial charge in [-0.25, -0.2) is 29.9 Å². The minimum atomic E-state index is -0.144. The Morgan fingerprint density at radius 1 is 0.217 bits per heavy atom. The van der Waals surface area contributed by atoms with Crippen LogP contribution in [-0.4, -0.2) is 48.2 Å². The molecule has 11 heterocycles. The van der Waals surface area contributed by atoms with Crippen LogP contribution in [0.4, 0.5) is 0 Å². The van der Waals surface area contributed by atoms with E-state index in [-0.39, 0.29) is 5.41 Å². The third-order valence-corrected chi connectivity index (χ3v) is 32.7. The predicted molar refractivity (Wildman–Crippen MR) is 600 cm³/mol. The number of benzene rings is 19. The number of nitrogens with zero attached hydrogens (tertiary/aromatic N) is 10. The first-order valence-corrected chi connectivity index (χ1v) is 50.7. The lowest BCUT2D eigenvalue weighted by atomic mass is 9.80. The van der Waals surface area contributed by atoms with Crippen LogP contribution in [0.25, 0.3) is 272 Å². The van der Waals surface area contributed by atoms with Crippen molar-refractivity contribution in [2.24, 2.45) is 0 Å². The minimum absolute atomic E-state index is 0.144. The lowest BCUT2D eigenvalue weighted by Gasteiger charge is -2.22. The number of thiophene rings is 3. The highest BCUT2D eigenvalue weighted by atomic mass is 32.1. The molecule has 19 aromatic carbocycles. The van der Waals surface area contributed by atoms with Crippen molar-refractivity contribution in [1.29, 1.82) is 0 Å². The largest absolute Gasteiger partial charge is 0.456 e. The average molecular weight is 1880 g/mol. The first-order chi connectivity index (χ1) is 70.7. The maximum atomic E-state index is 6.30. The van der Waals surface area contributed by atoms with E-state index in [0.717, 1.165) is 139 Å². The van der Waals surface area contributed by atoms with E-state index in [1.807, 2.05) is 52.2 Å². The topological polar surface area (TPSA) is 110 Å². The summed E-state index contributed by atoms with van der Waals surface area (Å²) in [7, 11) is 0. The third-order valence-electron chi connectivity index (χ3n) is 29.0. The van der Waals surface area contributed by atoms with Gasteiger partial charge in [-0.2, -0.15) is 0 Å². The van der Waals surface area contributed by atoms with Crippen LogP contribution in [0.5, 0.6) is 0 Å². The Morgan fingerprint density at radius 2 is 0.573 bits per heavy atom. The second-order valence-corrected chi connectivity index (χ2v) is 40.5. The Labute approximate surface area is 831 Å². The number of fused-ring (bicyclic) bond motifs is 29. The molecule has 31 rings (SSSR count). The summed E-state index contributed by atoms with van der Waals surface area (Å²) in [6.45, 7) is 4.72. The molecule has 30 aromatic rings. The zero-order valence-corrected chi connectivity index (χ0v) is 79.8. The fraction of sp³-hybridized carbons (Fsp3) is 0.0233. The van der Waals surface area contributed by atoms with Gasteiger partial charge in [0, 0.05) is 159 Å². The standard InChI is InChI=1S/C46H28N4S.C43H29N3S.C40H23N3OS/c1-3-14-29(15-4-1)37-28-38(35-22-13-21-34-32-19-9-12-25-42(32)51-45(34)35)48-46(47-37)50-40-24-11-8-20-36(40)43-41(50)27-26-33-31-18-7-10-23-39(31)49(44(33)43)30-16-5-2-6-17-30;1-43(2)33-20-9-6-15-27(33)29-23-24-37-39(40(29)43)32-17-7-10-21-36(32)46(37)42-44-34(26-13-4-3-5-14-26)25-35(45-42)31-19-12-18-30-28-16-8-11-22-38(28)47-41(30)31;1-2-11-24(12-3-1)32-23-33(29-17-10-16-28-27-15-6-9-20-38(27)45-39(28)29)42-40(41-32)43-34-18-7-4-13-25(34)30-22-37-31(21-35(30)43)26-14-5-8-19-36(26)44-37/h1-28H;3-25H,1-2H3;1-23H. The Kier molecular flexibility index (Phi) is 18.7. The Bertz CT molecular complexity index is 10500. The van der Waals surface area contributed by atoms with Crippen LogP contribution in [0.1, 0.15) is 25.0 Å². The first-order valence-electron chi connectivity index (χ1n) is 48.3. The molecule has 0 unspecified atom stereocenters. The van der Waals surface area contributed by atoms with Crippen LogP contribution >= 0.6 is 34.0 Å². The highest BCUT2D eigenvalue weighted by Gasteiger charge is 2.39. The van der Waals surface area contributed by atoms with E-state index in [2.05, 4.69) is 463 Å². The smallest absolute Gasteiger partial charge is 0.235 e. The molecule has 11 aromatic heterocycles. The van der Waals surface area contributed by atoms with Crippen LogP contribution in [-0.2, 0) is 5.41 Å². The van der Waals surface area contributed by atoms with E-state index in [1.54, 1.807) is 0 Å². The van der Waals surface area contributed by atoms with Crippen molar-refractivity contribution in [3.8, 4) is 102 Å². The average Bonchev–Trinajstić information content (AvgIpc) is 1.55. The maximum absolute atomic E-state index is 6.30. The molecule has 0 N–H and O–H groups in total. The molecule has 143 heavy (non-hydrogen) atoms. The number of furan rings is 1. The van der Waals surface area contributed by atoms with E-state index in [1.165, 1.54) is 126 Å². The van der Waals surface area contributed by atoms with Gasteiger partial charge in [0.15, 0.2) is 0 Å². The minimum Gasteiger partial charge on any atom is -0.456 e. The predicted octanol–water partition coefficient (Wildman–Crippen LogP) is 35.1. The molecule has 0 radical (unpaired) electrons. The van der Waals surface area contributed by atoms with Gasteiger partial charge in [-0.15, -0.1) is 34.0 Å². The number of rotatable bonds is 10. The van der Waals surface area contributed by atoms with Gasteiger partial charge >= 0.3 is 0 Å². The number of para-hydroxylation sites is 6. The van der Waals surface area contributed by atoms with Gasteiger partial charge in [0.2, 0.25) is 17.8 Å². The van der Waals surface area contributed by atoms with Gasteiger partial charge in [-0.1, -0.05) is 360 Å². The van der Waals surface area contributed by atoms with Crippen LogP contribution in [0.15, 0.2) is 453 Å². The molecule has 0 saturated heterocycles. The third kappa shape index (κ3) is 13.0.